The summed E-state index contributed by atoms with van der Waals surface area (Å²) in [6.07, 6.45) is 0. The van der Waals surface area contributed by atoms with Gasteiger partial charge in [0.05, 0.1) is 12.0 Å². The van der Waals surface area contributed by atoms with Gasteiger partial charge in [-0.05, 0) is 66.6 Å². The summed E-state index contributed by atoms with van der Waals surface area (Å²) in [6.45, 7) is 2.20. The minimum atomic E-state index is -3.87. The number of ether oxygens (including phenoxy) is 1. The molecule has 0 aliphatic carbocycles. The van der Waals surface area contributed by atoms with Gasteiger partial charge in [0.25, 0.3) is 15.9 Å². The number of aryl methyl sites for hydroxylation is 1. The van der Waals surface area contributed by atoms with E-state index in [2.05, 4.69) is 4.72 Å². The lowest BCUT2D eigenvalue weighted by Gasteiger charge is -2.20. The molecule has 7 nitrogen and oxygen atoms in total. The highest BCUT2D eigenvalue weighted by atomic mass is 32.2. The summed E-state index contributed by atoms with van der Waals surface area (Å²) in [5.41, 5.74) is 3.52. The van der Waals surface area contributed by atoms with E-state index in [1.165, 1.54) is 12.1 Å². The molecule has 3 aromatic rings. The third-order valence-corrected chi connectivity index (χ3v) is 6.69. The van der Waals surface area contributed by atoms with Gasteiger partial charge >= 0.3 is 0 Å². The van der Waals surface area contributed by atoms with Gasteiger partial charge in [-0.15, -0.1) is 0 Å². The van der Waals surface area contributed by atoms with E-state index < -0.39 is 10.0 Å². The van der Waals surface area contributed by atoms with Crippen molar-refractivity contribution < 1.29 is 17.9 Å². The number of nitrogens with one attached hydrogen (secondary N) is 1. The lowest BCUT2D eigenvalue weighted by molar-refractivity contribution is 0.0784. The van der Waals surface area contributed by atoms with Crippen LogP contribution >= 0.6 is 0 Å². The van der Waals surface area contributed by atoms with Gasteiger partial charge in [0.15, 0.2) is 0 Å². The van der Waals surface area contributed by atoms with Gasteiger partial charge in [-0.3, -0.25) is 9.52 Å². The Kier molecular flexibility index (Phi) is 7.28. The molecule has 0 radical (unpaired) electrons. The Hall–Kier alpha value is -3.52. The topological polar surface area (TPSA) is 78.9 Å². The van der Waals surface area contributed by atoms with E-state index in [1.807, 2.05) is 43.3 Å². The first kappa shape index (κ1) is 24.1. The molecule has 1 N–H and O–H groups in total. The van der Waals surface area contributed by atoms with Crippen LogP contribution in [0.5, 0.6) is 5.75 Å². The average molecular weight is 468 g/mol. The van der Waals surface area contributed by atoms with E-state index in [-0.39, 0.29) is 10.8 Å². The number of nitrogens with zero attached hydrogens (tertiary/aromatic N) is 2. The fraction of sp³-hybridized carbons (Fsp3) is 0.240. The van der Waals surface area contributed by atoms with Crippen molar-refractivity contribution in [2.75, 3.05) is 37.9 Å². The molecule has 0 aliphatic rings. The number of carbonyl (C=O) groups excluding carboxylic acids is 1. The van der Waals surface area contributed by atoms with Gasteiger partial charge in [-0.25, -0.2) is 8.42 Å². The smallest absolute Gasteiger partial charge is 0.261 e. The van der Waals surface area contributed by atoms with Crippen molar-refractivity contribution in [3.8, 4) is 5.75 Å². The Balaban J connectivity index is 1.79. The monoisotopic (exact) mass is 467 g/mol. The first-order valence-corrected chi connectivity index (χ1v) is 11.9. The maximum Gasteiger partial charge on any atom is 0.261 e. The van der Waals surface area contributed by atoms with E-state index in [0.29, 0.717) is 29.1 Å². The van der Waals surface area contributed by atoms with Gasteiger partial charge < -0.3 is 14.5 Å². The Labute approximate surface area is 195 Å². The number of benzene rings is 3. The number of hydrogen-bond donors (Lipinski definition) is 1. The molecule has 0 fully saturated rings. The molecule has 0 aromatic heterocycles. The van der Waals surface area contributed by atoms with E-state index in [4.69, 9.17) is 4.74 Å². The third kappa shape index (κ3) is 5.84. The van der Waals surface area contributed by atoms with Gasteiger partial charge in [0.1, 0.15) is 5.75 Å². The van der Waals surface area contributed by atoms with Crippen LogP contribution in [0.3, 0.4) is 0 Å². The van der Waals surface area contributed by atoms with Crippen molar-refractivity contribution in [3.63, 3.8) is 0 Å². The van der Waals surface area contributed by atoms with E-state index in [1.54, 1.807) is 56.3 Å². The predicted molar refractivity (Wildman–Crippen MR) is 132 cm³/mol. The van der Waals surface area contributed by atoms with Crippen LogP contribution in [0.1, 0.15) is 21.5 Å². The lowest BCUT2D eigenvalue weighted by Crippen LogP contribution is -2.27. The number of anilines is 2. The summed E-state index contributed by atoms with van der Waals surface area (Å²) < 4.78 is 33.5. The molecule has 0 aliphatic heterocycles. The highest BCUT2D eigenvalue weighted by Crippen LogP contribution is 2.22. The molecule has 8 heteroatoms. The lowest BCUT2D eigenvalue weighted by atomic mass is 10.1. The molecule has 0 spiro atoms. The van der Waals surface area contributed by atoms with Crippen molar-refractivity contribution >= 4 is 27.3 Å². The zero-order valence-electron chi connectivity index (χ0n) is 19.5. The molecular formula is C25H29N3O4S. The maximum absolute atomic E-state index is 13.1. The molecule has 0 unspecified atom stereocenters. The Morgan fingerprint density at radius 3 is 2.15 bits per heavy atom. The Bertz CT molecular complexity index is 1220. The molecule has 1 amide bonds. The molecule has 3 aromatic carbocycles. The van der Waals surface area contributed by atoms with Crippen LogP contribution in [0.4, 0.5) is 11.4 Å². The van der Waals surface area contributed by atoms with Crippen molar-refractivity contribution in [2.24, 2.45) is 0 Å². The van der Waals surface area contributed by atoms with Crippen molar-refractivity contribution in [2.45, 2.75) is 18.4 Å². The van der Waals surface area contributed by atoms with Crippen LogP contribution in [0, 0.1) is 6.92 Å². The van der Waals surface area contributed by atoms with E-state index >= 15 is 0 Å². The molecule has 0 saturated heterocycles. The number of carbonyl (C=O) groups is 1. The molecule has 0 heterocycles. The molecule has 0 saturated carbocycles. The van der Waals surface area contributed by atoms with Crippen molar-refractivity contribution in [1.29, 1.82) is 0 Å². The number of sulfonamides is 1. The number of amides is 1. The average Bonchev–Trinajstić information content (AvgIpc) is 2.79. The van der Waals surface area contributed by atoms with E-state index in [9.17, 15) is 13.2 Å². The predicted octanol–water partition coefficient (Wildman–Crippen LogP) is 4.14. The summed E-state index contributed by atoms with van der Waals surface area (Å²) in [4.78, 5) is 16.8. The minimum Gasteiger partial charge on any atom is -0.497 e. The van der Waals surface area contributed by atoms with Crippen LogP contribution in [0.2, 0.25) is 0 Å². The second-order valence-electron chi connectivity index (χ2n) is 8.03. The van der Waals surface area contributed by atoms with Gasteiger partial charge in [-0.1, -0.05) is 18.2 Å². The van der Waals surface area contributed by atoms with Crippen LogP contribution in [0.25, 0.3) is 0 Å². The van der Waals surface area contributed by atoms with Crippen LogP contribution < -0.4 is 14.4 Å². The highest BCUT2D eigenvalue weighted by molar-refractivity contribution is 7.92. The minimum absolute atomic E-state index is 0.0241. The quantitative estimate of drug-likeness (QED) is 0.539. The fourth-order valence-electron chi connectivity index (χ4n) is 3.32. The summed E-state index contributed by atoms with van der Waals surface area (Å²) in [5, 5.41) is 0. The molecule has 174 valence electrons. The standard InChI is InChI=1S/C25H29N3O4S/c1-18-6-15-23(33(30,31)26-20-9-13-22(32-5)14-10-20)16-24(18)25(29)28(4)17-19-7-11-21(12-8-19)27(2)3/h6-16,26H,17H2,1-5H3. The molecule has 0 atom stereocenters. The fourth-order valence-corrected chi connectivity index (χ4v) is 4.41. The van der Waals surface area contributed by atoms with Gasteiger partial charge in [0, 0.05) is 44.6 Å². The molecule has 3 rings (SSSR count). The van der Waals surface area contributed by atoms with Crippen LogP contribution in [0.15, 0.2) is 71.6 Å². The number of hydrogen-bond acceptors (Lipinski definition) is 5. The first-order chi connectivity index (χ1) is 15.6. The van der Waals surface area contributed by atoms with Crippen LogP contribution in [-0.2, 0) is 16.6 Å². The van der Waals surface area contributed by atoms with Crippen molar-refractivity contribution in [1.82, 2.24) is 4.90 Å². The summed E-state index contributed by atoms with van der Waals surface area (Å²) in [7, 11) is 3.32. The highest BCUT2D eigenvalue weighted by Gasteiger charge is 2.20. The molecular weight excluding hydrogens is 438 g/mol. The Morgan fingerprint density at radius 1 is 0.939 bits per heavy atom. The molecule has 33 heavy (non-hydrogen) atoms. The zero-order valence-corrected chi connectivity index (χ0v) is 20.3. The summed E-state index contributed by atoms with van der Waals surface area (Å²) >= 11 is 0. The van der Waals surface area contributed by atoms with Crippen LogP contribution in [-0.4, -0.2) is 47.5 Å². The normalized spacial score (nSPS) is 11.1. The molecule has 0 bridgehead atoms. The first-order valence-electron chi connectivity index (χ1n) is 10.4. The van der Waals surface area contributed by atoms with Gasteiger partial charge in [-0.2, -0.15) is 0 Å². The second-order valence-corrected chi connectivity index (χ2v) is 9.72. The maximum atomic E-state index is 13.1. The van der Waals surface area contributed by atoms with Crippen molar-refractivity contribution in [3.05, 3.63) is 83.4 Å². The van der Waals surface area contributed by atoms with Gasteiger partial charge in [0.2, 0.25) is 0 Å². The van der Waals surface area contributed by atoms with E-state index in [0.717, 1.165) is 11.3 Å². The zero-order chi connectivity index (χ0) is 24.2. The Morgan fingerprint density at radius 2 is 1.58 bits per heavy atom. The summed E-state index contributed by atoms with van der Waals surface area (Å²) in [6, 6.07) is 19.1. The number of rotatable bonds is 8. The SMILES string of the molecule is COc1ccc(NS(=O)(=O)c2ccc(C)c(C(=O)N(C)Cc3ccc(N(C)C)cc3)c2)cc1. The third-order valence-electron chi connectivity index (χ3n) is 5.31. The summed E-state index contributed by atoms with van der Waals surface area (Å²) in [5.74, 6) is 0.381. The number of methoxy groups -OCH3 is 1. The largest absolute Gasteiger partial charge is 0.497 e. The second kappa shape index (κ2) is 9.95.